The fourth-order valence-corrected chi connectivity index (χ4v) is 2.17. The summed E-state index contributed by atoms with van der Waals surface area (Å²) in [6.07, 6.45) is 5.65. The molecule has 0 spiro atoms. The summed E-state index contributed by atoms with van der Waals surface area (Å²) in [6.45, 7) is 2.04. The summed E-state index contributed by atoms with van der Waals surface area (Å²) < 4.78 is 1.59. The Kier molecular flexibility index (Phi) is 4.28. The van der Waals surface area contributed by atoms with E-state index in [4.69, 9.17) is 0 Å². The number of carbonyl (C=O) groups is 1. The van der Waals surface area contributed by atoms with E-state index in [0.29, 0.717) is 11.6 Å². The Morgan fingerprint density at radius 1 is 1.17 bits per heavy atom. The normalized spacial score (nSPS) is 10.3. The number of urea groups is 1. The van der Waals surface area contributed by atoms with Crippen molar-refractivity contribution in [1.82, 2.24) is 19.7 Å². The molecule has 7 heteroatoms. The van der Waals surface area contributed by atoms with Gasteiger partial charge in [-0.3, -0.25) is 5.32 Å². The van der Waals surface area contributed by atoms with E-state index in [0.717, 1.165) is 17.7 Å². The van der Waals surface area contributed by atoms with Crippen LogP contribution in [0.25, 0.3) is 5.82 Å². The molecule has 0 aliphatic carbocycles. The Morgan fingerprint density at radius 3 is 2.83 bits per heavy atom. The molecule has 0 aliphatic heterocycles. The predicted octanol–water partition coefficient (Wildman–Crippen LogP) is 2.87. The van der Waals surface area contributed by atoms with Gasteiger partial charge in [-0.05, 0) is 24.1 Å². The molecule has 3 aromatic rings. The number of aromatic nitrogens is 4. The highest BCUT2D eigenvalue weighted by atomic mass is 16.2. The zero-order valence-electron chi connectivity index (χ0n) is 12.6. The van der Waals surface area contributed by atoms with Crippen molar-refractivity contribution in [2.24, 2.45) is 0 Å². The molecule has 0 unspecified atom stereocenters. The van der Waals surface area contributed by atoms with Crippen LogP contribution >= 0.6 is 0 Å². The molecule has 116 valence electrons. The van der Waals surface area contributed by atoms with Crippen molar-refractivity contribution >= 4 is 17.5 Å². The van der Waals surface area contributed by atoms with Gasteiger partial charge in [0.1, 0.15) is 12.1 Å². The molecule has 2 heterocycles. The van der Waals surface area contributed by atoms with Crippen LogP contribution in [-0.2, 0) is 6.42 Å². The molecule has 1 aromatic carbocycles. The summed E-state index contributed by atoms with van der Waals surface area (Å²) in [6, 6.07) is 10.8. The van der Waals surface area contributed by atoms with Gasteiger partial charge in [-0.15, -0.1) is 0 Å². The van der Waals surface area contributed by atoms with Crippen LogP contribution in [0.3, 0.4) is 0 Å². The first-order valence-electron chi connectivity index (χ1n) is 7.24. The number of nitrogens with one attached hydrogen (secondary N) is 2. The molecule has 0 bridgehead atoms. The van der Waals surface area contributed by atoms with Gasteiger partial charge in [0.15, 0.2) is 5.82 Å². The van der Waals surface area contributed by atoms with E-state index in [2.05, 4.69) is 25.7 Å². The second-order valence-corrected chi connectivity index (χ2v) is 4.80. The lowest BCUT2D eigenvalue weighted by molar-refractivity contribution is 0.262. The fourth-order valence-electron chi connectivity index (χ4n) is 2.17. The maximum absolute atomic E-state index is 12.1. The van der Waals surface area contributed by atoms with Gasteiger partial charge in [-0.1, -0.05) is 25.1 Å². The van der Waals surface area contributed by atoms with Crippen molar-refractivity contribution < 1.29 is 4.79 Å². The molecule has 7 nitrogen and oxygen atoms in total. The summed E-state index contributed by atoms with van der Waals surface area (Å²) in [4.78, 5) is 20.3. The molecule has 0 atom stereocenters. The molecular weight excluding hydrogens is 292 g/mol. The van der Waals surface area contributed by atoms with Crippen LogP contribution in [0.2, 0.25) is 0 Å². The van der Waals surface area contributed by atoms with Gasteiger partial charge < -0.3 is 5.32 Å². The summed E-state index contributed by atoms with van der Waals surface area (Å²) in [5, 5.41) is 9.63. The van der Waals surface area contributed by atoms with E-state index in [-0.39, 0.29) is 6.03 Å². The van der Waals surface area contributed by atoms with Crippen LogP contribution in [0.4, 0.5) is 16.3 Å². The number of amides is 2. The minimum absolute atomic E-state index is 0.351. The number of hydrogen-bond acceptors (Lipinski definition) is 4. The topological polar surface area (TPSA) is 84.7 Å². The second kappa shape index (κ2) is 6.69. The molecule has 0 saturated carbocycles. The lowest BCUT2D eigenvalue weighted by Gasteiger charge is -2.10. The third-order valence-corrected chi connectivity index (χ3v) is 3.28. The molecule has 2 aromatic heterocycles. The quantitative estimate of drug-likeness (QED) is 0.776. The molecular formula is C16H16N6O. The van der Waals surface area contributed by atoms with Crippen LogP contribution in [0.15, 0.2) is 55.1 Å². The maximum atomic E-state index is 12.1. The van der Waals surface area contributed by atoms with Crippen molar-refractivity contribution in [3.8, 4) is 5.82 Å². The van der Waals surface area contributed by atoms with E-state index in [9.17, 15) is 4.79 Å². The van der Waals surface area contributed by atoms with E-state index in [1.54, 1.807) is 29.2 Å². The molecule has 2 amide bonds. The lowest BCUT2D eigenvalue weighted by atomic mass is 10.1. The predicted molar refractivity (Wildman–Crippen MR) is 87.6 cm³/mol. The molecule has 0 aliphatic rings. The Labute approximate surface area is 133 Å². The van der Waals surface area contributed by atoms with E-state index in [1.807, 2.05) is 31.2 Å². The Bertz CT molecular complexity index is 800. The SMILES string of the molecule is CCc1ccccc1NC(=O)Nc1cc(-n2cccn2)ncn1. The fraction of sp³-hybridized carbons (Fsp3) is 0.125. The first kappa shape index (κ1) is 14.7. The van der Waals surface area contributed by atoms with Crippen LogP contribution in [0, 0.1) is 0 Å². The third kappa shape index (κ3) is 3.52. The highest BCUT2D eigenvalue weighted by Gasteiger charge is 2.08. The van der Waals surface area contributed by atoms with Crippen LogP contribution in [0.1, 0.15) is 12.5 Å². The van der Waals surface area contributed by atoms with E-state index in [1.165, 1.54) is 6.33 Å². The van der Waals surface area contributed by atoms with Gasteiger partial charge in [-0.2, -0.15) is 5.10 Å². The minimum Gasteiger partial charge on any atom is -0.307 e. The average molecular weight is 308 g/mol. The molecule has 0 radical (unpaired) electrons. The van der Waals surface area contributed by atoms with Crippen LogP contribution < -0.4 is 10.6 Å². The highest BCUT2D eigenvalue weighted by Crippen LogP contribution is 2.16. The largest absolute Gasteiger partial charge is 0.324 e. The Morgan fingerprint density at radius 2 is 2.04 bits per heavy atom. The number of aryl methyl sites for hydroxylation is 1. The Hall–Kier alpha value is -3.22. The molecule has 23 heavy (non-hydrogen) atoms. The van der Waals surface area contributed by atoms with Crippen molar-refractivity contribution in [1.29, 1.82) is 0 Å². The van der Waals surface area contributed by atoms with E-state index < -0.39 is 0 Å². The summed E-state index contributed by atoms with van der Waals surface area (Å²) in [7, 11) is 0. The van der Waals surface area contributed by atoms with Gasteiger partial charge in [0.25, 0.3) is 0 Å². The maximum Gasteiger partial charge on any atom is 0.324 e. The monoisotopic (exact) mass is 308 g/mol. The van der Waals surface area contributed by atoms with E-state index >= 15 is 0 Å². The first-order chi connectivity index (χ1) is 11.3. The molecule has 2 N–H and O–H groups in total. The van der Waals surface area contributed by atoms with Gasteiger partial charge in [0.05, 0.1) is 0 Å². The van der Waals surface area contributed by atoms with Crippen molar-refractivity contribution in [3.05, 3.63) is 60.7 Å². The minimum atomic E-state index is -0.351. The van der Waals surface area contributed by atoms with Gasteiger partial charge in [-0.25, -0.2) is 19.4 Å². The highest BCUT2D eigenvalue weighted by molar-refractivity contribution is 5.99. The van der Waals surface area contributed by atoms with Gasteiger partial charge in [0.2, 0.25) is 0 Å². The molecule has 0 fully saturated rings. The number of rotatable bonds is 4. The van der Waals surface area contributed by atoms with Crippen molar-refractivity contribution in [2.75, 3.05) is 10.6 Å². The summed E-state index contributed by atoms with van der Waals surface area (Å²) in [5.74, 6) is 0.978. The number of para-hydroxylation sites is 1. The number of benzene rings is 1. The number of nitrogens with zero attached hydrogens (tertiary/aromatic N) is 4. The van der Waals surface area contributed by atoms with Crippen molar-refractivity contribution in [2.45, 2.75) is 13.3 Å². The van der Waals surface area contributed by atoms with Crippen molar-refractivity contribution in [3.63, 3.8) is 0 Å². The standard InChI is InChI=1S/C16H16N6O/c1-2-12-6-3-4-7-13(12)20-16(23)21-14-10-15(18-11-17-14)22-9-5-8-19-22/h3-11H,2H2,1H3,(H2,17,18,20,21,23). The summed E-state index contributed by atoms with van der Waals surface area (Å²) in [5.41, 5.74) is 1.86. The average Bonchev–Trinajstić information content (AvgIpc) is 3.10. The third-order valence-electron chi connectivity index (χ3n) is 3.28. The molecule has 3 rings (SSSR count). The first-order valence-corrected chi connectivity index (χ1v) is 7.24. The smallest absolute Gasteiger partial charge is 0.307 e. The molecule has 0 saturated heterocycles. The summed E-state index contributed by atoms with van der Waals surface area (Å²) >= 11 is 0. The number of hydrogen-bond donors (Lipinski definition) is 2. The number of carbonyl (C=O) groups excluding carboxylic acids is 1. The van der Waals surface area contributed by atoms with Gasteiger partial charge in [0, 0.05) is 24.1 Å². The van der Waals surface area contributed by atoms with Crippen LogP contribution in [0.5, 0.6) is 0 Å². The van der Waals surface area contributed by atoms with Crippen LogP contribution in [-0.4, -0.2) is 25.8 Å². The zero-order valence-corrected chi connectivity index (χ0v) is 12.6. The lowest BCUT2D eigenvalue weighted by Crippen LogP contribution is -2.21. The number of anilines is 2. The zero-order chi connectivity index (χ0) is 16.1. The van der Waals surface area contributed by atoms with Gasteiger partial charge >= 0.3 is 6.03 Å². The Balaban J connectivity index is 1.72. The second-order valence-electron chi connectivity index (χ2n) is 4.80.